The van der Waals surface area contributed by atoms with Crippen LogP contribution in [-0.4, -0.2) is 21.0 Å². The van der Waals surface area contributed by atoms with Crippen molar-refractivity contribution in [2.24, 2.45) is 0 Å². The molecule has 0 aliphatic carbocycles. The predicted molar refractivity (Wildman–Crippen MR) is 74.2 cm³/mol. The van der Waals surface area contributed by atoms with Crippen LogP contribution >= 0.6 is 11.3 Å². The first kappa shape index (κ1) is 13.4. The van der Waals surface area contributed by atoms with Gasteiger partial charge in [-0.25, -0.2) is 18.6 Å². The average molecular weight is 306 g/mol. The Morgan fingerprint density at radius 2 is 1.86 bits per heavy atom. The maximum atomic E-state index is 13.2. The average Bonchev–Trinajstić information content (AvgIpc) is 3.07. The lowest BCUT2D eigenvalue weighted by Gasteiger charge is -1.97. The number of carbonyl (C=O) groups is 1. The van der Waals surface area contributed by atoms with Gasteiger partial charge in [0, 0.05) is 28.8 Å². The van der Waals surface area contributed by atoms with Gasteiger partial charge in [0.25, 0.3) is 0 Å². The van der Waals surface area contributed by atoms with Gasteiger partial charge in [0.1, 0.15) is 22.3 Å². The topological polar surface area (TPSA) is 66.0 Å². The number of nitrogens with zero attached hydrogens (tertiary/aromatic N) is 1. The number of aromatic nitrogens is 2. The van der Waals surface area contributed by atoms with Crippen molar-refractivity contribution in [3.8, 4) is 21.8 Å². The Bertz CT molecular complexity index is 806. The van der Waals surface area contributed by atoms with Crippen molar-refractivity contribution in [1.29, 1.82) is 0 Å². The number of carboxylic acid groups (broad SMARTS) is 1. The van der Waals surface area contributed by atoms with Crippen molar-refractivity contribution in [3.63, 3.8) is 0 Å². The summed E-state index contributed by atoms with van der Waals surface area (Å²) in [6, 6.07) is 4.65. The highest BCUT2D eigenvalue weighted by molar-refractivity contribution is 7.13. The maximum absolute atomic E-state index is 13.2. The number of carboxylic acids is 1. The van der Waals surface area contributed by atoms with Gasteiger partial charge in [-0.2, -0.15) is 0 Å². The van der Waals surface area contributed by atoms with Gasteiger partial charge in [-0.3, -0.25) is 0 Å². The van der Waals surface area contributed by atoms with Crippen LogP contribution < -0.4 is 0 Å². The van der Waals surface area contributed by atoms with E-state index in [2.05, 4.69) is 9.97 Å². The predicted octanol–water partition coefficient (Wildman–Crippen LogP) is 3.78. The minimum absolute atomic E-state index is 0.0522. The van der Waals surface area contributed by atoms with E-state index in [0.29, 0.717) is 21.8 Å². The van der Waals surface area contributed by atoms with Gasteiger partial charge < -0.3 is 10.1 Å². The van der Waals surface area contributed by atoms with Gasteiger partial charge in [-0.05, 0) is 18.2 Å². The van der Waals surface area contributed by atoms with Crippen molar-refractivity contribution in [2.45, 2.75) is 0 Å². The Morgan fingerprint density at radius 3 is 2.48 bits per heavy atom. The molecule has 0 amide bonds. The monoisotopic (exact) mass is 306 g/mol. The highest BCUT2D eigenvalue weighted by Gasteiger charge is 2.12. The van der Waals surface area contributed by atoms with Crippen LogP contribution in [0, 0.1) is 11.6 Å². The summed E-state index contributed by atoms with van der Waals surface area (Å²) in [7, 11) is 0. The fraction of sp³-hybridized carbons (Fsp3) is 0. The number of H-pyrrole nitrogens is 1. The molecule has 0 radical (unpaired) electrons. The van der Waals surface area contributed by atoms with Gasteiger partial charge in [0.15, 0.2) is 0 Å². The van der Waals surface area contributed by atoms with Crippen LogP contribution in [0.3, 0.4) is 0 Å². The summed E-state index contributed by atoms with van der Waals surface area (Å²) in [6.07, 6.45) is 1.52. The number of thiazole rings is 1. The molecule has 0 saturated heterocycles. The number of hydrogen-bond acceptors (Lipinski definition) is 3. The van der Waals surface area contributed by atoms with Crippen LogP contribution in [0.25, 0.3) is 21.8 Å². The largest absolute Gasteiger partial charge is 0.477 e. The summed E-state index contributed by atoms with van der Waals surface area (Å²) >= 11 is 1.23. The van der Waals surface area contributed by atoms with Gasteiger partial charge in [0.2, 0.25) is 0 Å². The molecule has 3 aromatic rings. The van der Waals surface area contributed by atoms with Crippen molar-refractivity contribution >= 4 is 17.3 Å². The lowest BCUT2D eigenvalue weighted by molar-refractivity contribution is 0.0691. The molecule has 7 heteroatoms. The van der Waals surface area contributed by atoms with E-state index in [1.165, 1.54) is 35.7 Å². The molecule has 0 saturated carbocycles. The number of aromatic carboxylic acids is 1. The smallest absolute Gasteiger partial charge is 0.352 e. The first-order valence-electron chi connectivity index (χ1n) is 5.87. The Labute approximate surface area is 121 Å². The summed E-state index contributed by atoms with van der Waals surface area (Å²) in [6.45, 7) is 0. The van der Waals surface area contributed by atoms with Crippen LogP contribution in [0.5, 0.6) is 0 Å². The van der Waals surface area contributed by atoms with Crippen molar-refractivity contribution in [1.82, 2.24) is 9.97 Å². The third kappa shape index (κ3) is 2.68. The zero-order chi connectivity index (χ0) is 15.0. The number of benzene rings is 1. The van der Waals surface area contributed by atoms with E-state index in [9.17, 15) is 13.6 Å². The SMILES string of the molecule is O=C(O)c1cc(-c2csc(-c3cc(F)cc(F)c3)n2)c[nH]1. The molecule has 0 aliphatic heterocycles. The van der Waals surface area contributed by atoms with Gasteiger partial charge in [-0.15, -0.1) is 11.3 Å². The fourth-order valence-corrected chi connectivity index (χ4v) is 2.70. The zero-order valence-corrected chi connectivity index (χ0v) is 11.2. The molecule has 21 heavy (non-hydrogen) atoms. The number of aromatic amines is 1. The molecule has 3 rings (SSSR count). The molecule has 1 aromatic carbocycles. The van der Waals surface area contributed by atoms with Gasteiger partial charge in [0.05, 0.1) is 5.69 Å². The van der Waals surface area contributed by atoms with Crippen molar-refractivity contribution in [3.05, 3.63) is 53.2 Å². The van der Waals surface area contributed by atoms with E-state index in [1.807, 2.05) is 0 Å². The molecular formula is C14H8F2N2O2S. The third-order valence-electron chi connectivity index (χ3n) is 2.82. The van der Waals surface area contributed by atoms with E-state index in [0.717, 1.165) is 6.07 Å². The minimum atomic E-state index is -1.07. The Balaban J connectivity index is 1.97. The third-order valence-corrected chi connectivity index (χ3v) is 3.71. The molecule has 2 N–H and O–H groups in total. The van der Waals surface area contributed by atoms with Crippen LogP contribution in [0.1, 0.15) is 10.5 Å². The first-order valence-corrected chi connectivity index (χ1v) is 6.75. The number of nitrogens with one attached hydrogen (secondary N) is 1. The van der Waals surface area contributed by atoms with Crippen LogP contribution in [0.15, 0.2) is 35.8 Å². The summed E-state index contributed by atoms with van der Waals surface area (Å²) in [5.74, 6) is -2.41. The lowest BCUT2D eigenvalue weighted by atomic mass is 10.2. The number of rotatable bonds is 3. The fourth-order valence-electron chi connectivity index (χ4n) is 1.88. The van der Waals surface area contributed by atoms with Crippen LogP contribution in [-0.2, 0) is 0 Å². The van der Waals surface area contributed by atoms with E-state index >= 15 is 0 Å². The zero-order valence-electron chi connectivity index (χ0n) is 10.4. The summed E-state index contributed by atoms with van der Waals surface area (Å²) in [5.41, 5.74) is 1.55. The molecule has 0 fully saturated rings. The molecule has 0 aliphatic rings. The summed E-state index contributed by atoms with van der Waals surface area (Å²) < 4.78 is 26.4. The molecule has 0 atom stereocenters. The van der Waals surface area contributed by atoms with Gasteiger partial charge in [-0.1, -0.05) is 0 Å². The molecular weight excluding hydrogens is 298 g/mol. The van der Waals surface area contributed by atoms with E-state index < -0.39 is 17.6 Å². The van der Waals surface area contributed by atoms with E-state index in [1.54, 1.807) is 5.38 Å². The second kappa shape index (κ2) is 5.10. The van der Waals surface area contributed by atoms with Crippen LogP contribution in [0.4, 0.5) is 8.78 Å². The first-order chi connectivity index (χ1) is 10.0. The molecule has 4 nitrogen and oxygen atoms in total. The lowest BCUT2D eigenvalue weighted by Crippen LogP contribution is -1.94. The molecule has 0 unspecified atom stereocenters. The molecule has 2 heterocycles. The van der Waals surface area contributed by atoms with E-state index in [-0.39, 0.29) is 5.69 Å². The van der Waals surface area contributed by atoms with Gasteiger partial charge >= 0.3 is 5.97 Å². The molecule has 2 aromatic heterocycles. The Morgan fingerprint density at radius 1 is 1.14 bits per heavy atom. The molecule has 0 bridgehead atoms. The molecule has 0 spiro atoms. The number of halogens is 2. The Hall–Kier alpha value is -2.54. The second-order valence-corrected chi connectivity index (χ2v) is 5.16. The van der Waals surface area contributed by atoms with Crippen molar-refractivity contribution < 1.29 is 18.7 Å². The standard InChI is InChI=1S/C14H8F2N2O2S/c15-9-1-7(2-10(16)4-9)13-18-12(6-21-13)8-3-11(14(19)20)17-5-8/h1-6,17H,(H,19,20). The minimum Gasteiger partial charge on any atom is -0.477 e. The van der Waals surface area contributed by atoms with E-state index in [4.69, 9.17) is 5.11 Å². The summed E-state index contributed by atoms with van der Waals surface area (Å²) in [4.78, 5) is 17.7. The van der Waals surface area contributed by atoms with Crippen molar-refractivity contribution in [2.75, 3.05) is 0 Å². The van der Waals surface area contributed by atoms with Crippen LogP contribution in [0.2, 0.25) is 0 Å². The maximum Gasteiger partial charge on any atom is 0.352 e. The normalized spacial score (nSPS) is 10.8. The highest BCUT2D eigenvalue weighted by atomic mass is 32.1. The second-order valence-electron chi connectivity index (χ2n) is 4.30. The quantitative estimate of drug-likeness (QED) is 0.774. The number of hydrogen-bond donors (Lipinski definition) is 2. The Kier molecular flexibility index (Phi) is 3.26. The molecule has 106 valence electrons. The highest BCUT2D eigenvalue weighted by Crippen LogP contribution is 2.30. The summed E-state index contributed by atoms with van der Waals surface area (Å²) in [5, 5.41) is 11.0.